The molecule has 0 aromatic carbocycles. The van der Waals surface area contributed by atoms with Gasteiger partial charge in [0, 0.05) is 6.61 Å². The number of aliphatic hydroxyl groups excluding tert-OH is 1. The van der Waals surface area contributed by atoms with Gasteiger partial charge in [-0.15, -0.1) is 0 Å². The van der Waals surface area contributed by atoms with Gasteiger partial charge in [-0.3, -0.25) is 4.79 Å². The van der Waals surface area contributed by atoms with Crippen LogP contribution < -0.4 is 0 Å². The molecule has 0 rings (SSSR count). The predicted molar refractivity (Wildman–Crippen MR) is 67.5 cm³/mol. The number of aliphatic hydroxyl groups is 1. The van der Waals surface area contributed by atoms with Gasteiger partial charge in [-0.1, -0.05) is 47.0 Å². The van der Waals surface area contributed by atoms with Gasteiger partial charge in [0.1, 0.15) is 0 Å². The summed E-state index contributed by atoms with van der Waals surface area (Å²) in [4.78, 5) is 10.2. The lowest BCUT2D eigenvalue weighted by Crippen LogP contribution is -2.08. The normalized spacial score (nSPS) is 13.6. The van der Waals surface area contributed by atoms with E-state index in [4.69, 9.17) is 10.2 Å². The molecule has 0 bridgehead atoms. The molecule has 3 nitrogen and oxygen atoms in total. The molecule has 2 atom stereocenters. The van der Waals surface area contributed by atoms with E-state index in [9.17, 15) is 4.79 Å². The van der Waals surface area contributed by atoms with Crippen LogP contribution >= 0.6 is 0 Å². The van der Waals surface area contributed by atoms with Crippen LogP contribution in [-0.2, 0) is 4.79 Å². The molecule has 0 radical (unpaired) electrons. The lowest BCUT2D eigenvalue weighted by Gasteiger charge is -2.02. The molecule has 0 spiro atoms. The molecule has 0 fully saturated rings. The van der Waals surface area contributed by atoms with Crippen molar-refractivity contribution in [2.75, 3.05) is 6.61 Å². The van der Waals surface area contributed by atoms with E-state index in [0.29, 0.717) is 12.5 Å². The molecule has 0 amide bonds. The van der Waals surface area contributed by atoms with Gasteiger partial charge < -0.3 is 10.2 Å². The Balaban J connectivity index is 0. The molecule has 16 heavy (non-hydrogen) atoms. The first-order chi connectivity index (χ1) is 7.49. The molecule has 2 N–H and O–H groups in total. The van der Waals surface area contributed by atoms with Crippen LogP contribution in [0.3, 0.4) is 0 Å². The molecule has 0 aliphatic carbocycles. The van der Waals surface area contributed by atoms with Crippen LogP contribution in [-0.4, -0.2) is 22.8 Å². The number of unbranched alkanes of at least 4 members (excludes halogenated alkanes) is 1. The van der Waals surface area contributed by atoms with Gasteiger partial charge in [0.2, 0.25) is 0 Å². The fourth-order valence-electron chi connectivity index (χ4n) is 1.22. The number of aliphatic carboxylic acids is 1. The van der Waals surface area contributed by atoms with E-state index in [2.05, 4.69) is 20.8 Å². The SMILES string of the molecule is CCCC(C)CO.CCCCC(C)C(=O)O. The molecule has 0 aromatic rings. The molecular formula is C13H28O3. The number of carboxylic acids is 1. The van der Waals surface area contributed by atoms with Crippen molar-refractivity contribution in [1.29, 1.82) is 0 Å². The van der Waals surface area contributed by atoms with Crippen molar-refractivity contribution < 1.29 is 15.0 Å². The number of rotatable bonds is 7. The van der Waals surface area contributed by atoms with Crippen LogP contribution in [0, 0.1) is 11.8 Å². The Morgan fingerprint density at radius 3 is 1.94 bits per heavy atom. The Kier molecular flexibility index (Phi) is 13.9. The standard InChI is InChI=1S/C7H14O2.C6H14O/c1-3-4-5-6(2)7(8)9;1-3-4-6(2)5-7/h6H,3-5H2,1-2H3,(H,8,9);6-7H,3-5H2,1-2H3. The molecule has 2 unspecified atom stereocenters. The number of hydrogen-bond acceptors (Lipinski definition) is 2. The van der Waals surface area contributed by atoms with Crippen molar-refractivity contribution in [2.45, 2.75) is 59.8 Å². The molecule has 0 heterocycles. The zero-order chi connectivity index (χ0) is 13.0. The first kappa shape index (κ1) is 17.8. The average molecular weight is 232 g/mol. The molecule has 0 aliphatic rings. The van der Waals surface area contributed by atoms with Gasteiger partial charge in [-0.25, -0.2) is 0 Å². The molecular weight excluding hydrogens is 204 g/mol. The summed E-state index contributed by atoms with van der Waals surface area (Å²) in [6, 6.07) is 0. The largest absolute Gasteiger partial charge is 0.481 e. The average Bonchev–Trinajstić information content (AvgIpc) is 2.26. The van der Waals surface area contributed by atoms with Gasteiger partial charge in [-0.2, -0.15) is 0 Å². The van der Waals surface area contributed by atoms with Crippen LogP contribution in [0.15, 0.2) is 0 Å². The van der Waals surface area contributed by atoms with Gasteiger partial charge in [0.15, 0.2) is 0 Å². The summed E-state index contributed by atoms with van der Waals surface area (Å²) in [5, 5.41) is 16.9. The smallest absolute Gasteiger partial charge is 0.306 e. The minimum absolute atomic E-state index is 0.162. The Morgan fingerprint density at radius 1 is 1.12 bits per heavy atom. The Labute approximate surface area is 99.9 Å². The minimum atomic E-state index is -0.677. The van der Waals surface area contributed by atoms with Crippen molar-refractivity contribution >= 4 is 5.97 Å². The van der Waals surface area contributed by atoms with E-state index in [1.807, 2.05) is 0 Å². The number of hydrogen-bond donors (Lipinski definition) is 2. The van der Waals surface area contributed by atoms with E-state index < -0.39 is 5.97 Å². The molecule has 98 valence electrons. The zero-order valence-electron chi connectivity index (χ0n) is 11.2. The molecule has 0 saturated heterocycles. The third-order valence-electron chi connectivity index (χ3n) is 2.51. The third-order valence-corrected chi connectivity index (χ3v) is 2.51. The quantitative estimate of drug-likeness (QED) is 0.708. The second kappa shape index (κ2) is 12.5. The van der Waals surface area contributed by atoms with Gasteiger partial charge in [0.25, 0.3) is 0 Å². The lowest BCUT2D eigenvalue weighted by atomic mass is 10.1. The summed E-state index contributed by atoms with van der Waals surface area (Å²) in [6.07, 6.45) is 5.25. The first-order valence-corrected chi connectivity index (χ1v) is 6.33. The fourth-order valence-corrected chi connectivity index (χ4v) is 1.22. The topological polar surface area (TPSA) is 57.5 Å². The summed E-state index contributed by atoms with van der Waals surface area (Å²) in [5.41, 5.74) is 0. The second-order valence-electron chi connectivity index (χ2n) is 4.46. The molecule has 3 heteroatoms. The van der Waals surface area contributed by atoms with Crippen LogP contribution in [0.1, 0.15) is 59.8 Å². The number of carbonyl (C=O) groups is 1. The van der Waals surface area contributed by atoms with E-state index in [1.54, 1.807) is 6.92 Å². The molecule has 0 aliphatic heterocycles. The van der Waals surface area contributed by atoms with E-state index in [-0.39, 0.29) is 5.92 Å². The summed E-state index contributed by atoms with van der Waals surface area (Å²) >= 11 is 0. The highest BCUT2D eigenvalue weighted by molar-refractivity contribution is 5.69. The predicted octanol–water partition coefficient (Wildman–Crippen LogP) is 3.31. The van der Waals surface area contributed by atoms with Crippen LogP contribution in [0.2, 0.25) is 0 Å². The highest BCUT2D eigenvalue weighted by Crippen LogP contribution is 2.06. The van der Waals surface area contributed by atoms with Crippen molar-refractivity contribution in [2.24, 2.45) is 11.8 Å². The van der Waals surface area contributed by atoms with E-state index in [0.717, 1.165) is 25.7 Å². The monoisotopic (exact) mass is 232 g/mol. The van der Waals surface area contributed by atoms with Crippen LogP contribution in [0.5, 0.6) is 0 Å². The Hall–Kier alpha value is -0.570. The Morgan fingerprint density at radius 2 is 1.69 bits per heavy atom. The number of carboxylic acid groups (broad SMARTS) is 1. The van der Waals surface area contributed by atoms with Crippen molar-refractivity contribution in [1.82, 2.24) is 0 Å². The van der Waals surface area contributed by atoms with Crippen LogP contribution in [0.4, 0.5) is 0 Å². The van der Waals surface area contributed by atoms with Gasteiger partial charge >= 0.3 is 5.97 Å². The highest BCUT2D eigenvalue weighted by Gasteiger charge is 2.08. The maximum atomic E-state index is 10.2. The third kappa shape index (κ3) is 13.4. The maximum absolute atomic E-state index is 10.2. The zero-order valence-corrected chi connectivity index (χ0v) is 11.2. The van der Waals surface area contributed by atoms with Crippen molar-refractivity contribution in [3.63, 3.8) is 0 Å². The molecule has 0 saturated carbocycles. The van der Waals surface area contributed by atoms with Crippen LogP contribution in [0.25, 0.3) is 0 Å². The summed E-state index contributed by atoms with van der Waals surface area (Å²) in [7, 11) is 0. The fraction of sp³-hybridized carbons (Fsp3) is 0.923. The van der Waals surface area contributed by atoms with Crippen molar-refractivity contribution in [3.05, 3.63) is 0 Å². The molecule has 0 aromatic heterocycles. The summed E-state index contributed by atoms with van der Waals surface area (Å²) in [6.45, 7) is 8.34. The Bertz CT molecular complexity index is 157. The van der Waals surface area contributed by atoms with Gasteiger partial charge in [-0.05, 0) is 18.8 Å². The van der Waals surface area contributed by atoms with E-state index >= 15 is 0 Å². The van der Waals surface area contributed by atoms with Gasteiger partial charge in [0.05, 0.1) is 5.92 Å². The van der Waals surface area contributed by atoms with E-state index in [1.165, 1.54) is 6.42 Å². The van der Waals surface area contributed by atoms with Crippen molar-refractivity contribution in [3.8, 4) is 0 Å². The first-order valence-electron chi connectivity index (χ1n) is 6.33. The lowest BCUT2D eigenvalue weighted by molar-refractivity contribution is -0.141. The second-order valence-corrected chi connectivity index (χ2v) is 4.46. The summed E-state index contributed by atoms with van der Waals surface area (Å²) in [5.74, 6) is -0.335. The highest BCUT2D eigenvalue weighted by atomic mass is 16.4. The summed E-state index contributed by atoms with van der Waals surface area (Å²) < 4.78 is 0. The minimum Gasteiger partial charge on any atom is -0.481 e. The maximum Gasteiger partial charge on any atom is 0.306 e.